The molecular formula is C34H28N4. The highest BCUT2D eigenvalue weighted by molar-refractivity contribution is 5.79. The van der Waals surface area contributed by atoms with Crippen molar-refractivity contribution >= 4 is 23.3 Å². The molecule has 4 aromatic heterocycles. The van der Waals surface area contributed by atoms with Crippen molar-refractivity contribution in [3.8, 4) is 0 Å². The lowest BCUT2D eigenvalue weighted by molar-refractivity contribution is 1.21. The van der Waals surface area contributed by atoms with Gasteiger partial charge >= 0.3 is 0 Å². The first-order valence-electron chi connectivity index (χ1n) is 12.9. The third kappa shape index (κ3) is 4.06. The lowest BCUT2D eigenvalue weighted by atomic mass is 10.0. The maximum Gasteiger partial charge on any atom is 0.0485 e. The Morgan fingerprint density at radius 3 is 1.24 bits per heavy atom. The molecule has 184 valence electrons. The standard InChI is InChI=1S/C34H28N4/c1-21-3-7-23(8-4-21)33-29-15-11-25(35-29)19-27-13-17-31(37-27)34(24-9-5-22(2)6-10-24)32-18-14-28(38-32)20-26-12-16-30(33)36-26/h3-20,35-38H,1-2H3. The van der Waals surface area contributed by atoms with Crippen molar-refractivity contribution in [1.29, 1.82) is 0 Å². The number of rotatable bonds is 2. The van der Waals surface area contributed by atoms with E-state index >= 15 is 0 Å². The minimum atomic E-state index is 1.04. The van der Waals surface area contributed by atoms with Crippen LogP contribution in [0.4, 0.5) is 0 Å². The van der Waals surface area contributed by atoms with Crippen LogP contribution in [0.1, 0.15) is 45.0 Å². The Morgan fingerprint density at radius 1 is 0.395 bits per heavy atom. The summed E-state index contributed by atoms with van der Waals surface area (Å²) in [5.74, 6) is 0. The van der Waals surface area contributed by atoms with E-state index in [0.29, 0.717) is 0 Å². The van der Waals surface area contributed by atoms with Crippen LogP contribution in [0.15, 0.2) is 97.1 Å². The zero-order chi connectivity index (χ0) is 25.6. The maximum absolute atomic E-state index is 3.65. The SMILES string of the molecule is Cc1ccc(C2=c3ccc([nH]3)=Cc3ccc([nH]3)C(c3ccc(C)cc3)=c3ccc([nH]3)=Cc3ccc2[nH]3)cc1. The molecule has 7 rings (SSSR count). The van der Waals surface area contributed by atoms with Crippen molar-refractivity contribution in [3.63, 3.8) is 0 Å². The van der Waals surface area contributed by atoms with Crippen LogP contribution >= 0.6 is 0 Å². The van der Waals surface area contributed by atoms with Gasteiger partial charge in [0.15, 0.2) is 0 Å². The second-order valence-corrected chi connectivity index (χ2v) is 10.1. The Hall–Kier alpha value is -4.96. The van der Waals surface area contributed by atoms with Gasteiger partial charge in [-0.25, -0.2) is 0 Å². The fourth-order valence-electron chi connectivity index (χ4n) is 5.26. The number of fused-ring (bicyclic) bond motifs is 8. The van der Waals surface area contributed by atoms with Crippen LogP contribution < -0.4 is 21.4 Å². The molecule has 1 aliphatic heterocycles. The number of aryl methyl sites for hydroxylation is 2. The van der Waals surface area contributed by atoms with Gasteiger partial charge in [-0.05, 0) is 85.7 Å². The van der Waals surface area contributed by atoms with Crippen molar-refractivity contribution in [3.05, 3.63) is 163 Å². The fourth-order valence-corrected chi connectivity index (χ4v) is 5.26. The topological polar surface area (TPSA) is 63.2 Å². The molecule has 38 heavy (non-hydrogen) atoms. The molecule has 0 saturated carbocycles. The van der Waals surface area contributed by atoms with Gasteiger partial charge in [-0.1, -0.05) is 59.7 Å². The van der Waals surface area contributed by atoms with Crippen LogP contribution in [-0.4, -0.2) is 19.9 Å². The van der Waals surface area contributed by atoms with Crippen LogP contribution in [0.5, 0.6) is 0 Å². The summed E-state index contributed by atoms with van der Waals surface area (Å²) in [6, 6.07) is 34.6. The average molecular weight is 493 g/mol. The first-order valence-corrected chi connectivity index (χ1v) is 12.9. The highest BCUT2D eigenvalue weighted by Crippen LogP contribution is 2.22. The third-order valence-electron chi connectivity index (χ3n) is 7.21. The van der Waals surface area contributed by atoms with E-state index in [1.54, 1.807) is 0 Å². The van der Waals surface area contributed by atoms with Crippen molar-refractivity contribution in [2.45, 2.75) is 13.8 Å². The van der Waals surface area contributed by atoms with Crippen LogP contribution in [-0.2, 0) is 0 Å². The molecule has 0 fully saturated rings. The summed E-state index contributed by atoms with van der Waals surface area (Å²) in [6.07, 6.45) is 4.32. The van der Waals surface area contributed by atoms with Crippen molar-refractivity contribution in [2.75, 3.05) is 0 Å². The van der Waals surface area contributed by atoms with Gasteiger partial charge in [0.05, 0.1) is 0 Å². The molecule has 4 N–H and O–H groups in total. The molecule has 8 bridgehead atoms. The van der Waals surface area contributed by atoms with Gasteiger partial charge in [0.25, 0.3) is 0 Å². The van der Waals surface area contributed by atoms with E-state index in [2.05, 4.69) is 143 Å². The molecular weight excluding hydrogens is 464 g/mol. The summed E-state index contributed by atoms with van der Waals surface area (Å²) in [5, 5.41) is 4.23. The Labute approximate surface area is 220 Å². The number of aromatic nitrogens is 4. The lowest BCUT2D eigenvalue weighted by Gasteiger charge is -2.07. The largest absolute Gasteiger partial charge is 0.355 e. The number of nitrogens with one attached hydrogen (secondary N) is 4. The molecule has 1 aliphatic rings. The van der Waals surface area contributed by atoms with Crippen LogP contribution in [0, 0.1) is 13.8 Å². The lowest BCUT2D eigenvalue weighted by Crippen LogP contribution is -2.15. The summed E-state index contributed by atoms with van der Waals surface area (Å²) >= 11 is 0. The van der Waals surface area contributed by atoms with E-state index in [1.807, 2.05) is 0 Å². The predicted molar refractivity (Wildman–Crippen MR) is 154 cm³/mol. The first kappa shape index (κ1) is 22.3. The molecule has 6 aromatic rings. The third-order valence-corrected chi connectivity index (χ3v) is 7.21. The molecule has 4 nitrogen and oxygen atoms in total. The molecule has 0 saturated heterocycles. The minimum Gasteiger partial charge on any atom is -0.355 e. The summed E-state index contributed by atoms with van der Waals surface area (Å²) in [4.78, 5) is 14.6. The minimum absolute atomic E-state index is 1.04. The average Bonchev–Trinajstić information content (AvgIpc) is 3.72. The highest BCUT2D eigenvalue weighted by Gasteiger charge is 2.12. The quantitative estimate of drug-likeness (QED) is 0.281. The molecule has 4 heteroatoms. The normalized spacial score (nSPS) is 12.8. The summed E-state index contributed by atoms with van der Waals surface area (Å²) < 4.78 is 0. The highest BCUT2D eigenvalue weighted by atomic mass is 14.8. The van der Waals surface area contributed by atoms with Crippen LogP contribution in [0.3, 0.4) is 0 Å². The van der Waals surface area contributed by atoms with Gasteiger partial charge in [0.2, 0.25) is 0 Å². The predicted octanol–water partition coefficient (Wildman–Crippen LogP) is 4.08. The molecule has 0 radical (unpaired) electrons. The van der Waals surface area contributed by atoms with E-state index in [-0.39, 0.29) is 0 Å². The Kier molecular flexibility index (Phi) is 5.19. The second-order valence-electron chi connectivity index (χ2n) is 10.1. The zero-order valence-electron chi connectivity index (χ0n) is 21.4. The number of hydrogen-bond acceptors (Lipinski definition) is 0. The Balaban J connectivity index is 1.51. The summed E-state index contributed by atoms with van der Waals surface area (Å²) in [7, 11) is 0. The number of benzene rings is 2. The van der Waals surface area contributed by atoms with E-state index in [4.69, 9.17) is 0 Å². The van der Waals surface area contributed by atoms with Gasteiger partial charge in [0.1, 0.15) is 0 Å². The van der Waals surface area contributed by atoms with Crippen molar-refractivity contribution in [1.82, 2.24) is 19.9 Å². The van der Waals surface area contributed by atoms with Crippen molar-refractivity contribution in [2.24, 2.45) is 0 Å². The Morgan fingerprint density at radius 2 is 0.816 bits per heavy atom. The number of hydrogen-bond donors (Lipinski definition) is 4. The van der Waals surface area contributed by atoms with E-state index in [1.165, 1.54) is 22.3 Å². The van der Waals surface area contributed by atoms with Crippen LogP contribution in [0.2, 0.25) is 0 Å². The molecule has 5 heterocycles. The van der Waals surface area contributed by atoms with E-state index in [0.717, 1.165) is 55.3 Å². The van der Waals surface area contributed by atoms with E-state index < -0.39 is 0 Å². The number of aromatic amines is 4. The summed E-state index contributed by atoms with van der Waals surface area (Å²) in [6.45, 7) is 4.24. The molecule has 0 atom stereocenters. The zero-order valence-corrected chi connectivity index (χ0v) is 21.4. The second kappa shape index (κ2) is 8.86. The van der Waals surface area contributed by atoms with Gasteiger partial charge in [-0.2, -0.15) is 0 Å². The summed E-state index contributed by atoms with van der Waals surface area (Å²) in [5.41, 5.74) is 11.3. The molecule has 0 spiro atoms. The van der Waals surface area contributed by atoms with Crippen LogP contribution in [0.25, 0.3) is 23.3 Å². The first-order chi connectivity index (χ1) is 18.6. The van der Waals surface area contributed by atoms with Gasteiger partial charge in [-0.3, -0.25) is 0 Å². The maximum atomic E-state index is 3.65. The van der Waals surface area contributed by atoms with Gasteiger partial charge in [0, 0.05) is 55.3 Å². The fraction of sp³-hybridized carbons (Fsp3) is 0.0588. The molecule has 0 amide bonds. The smallest absolute Gasteiger partial charge is 0.0485 e. The van der Waals surface area contributed by atoms with Crippen molar-refractivity contribution < 1.29 is 0 Å². The monoisotopic (exact) mass is 492 g/mol. The van der Waals surface area contributed by atoms with Gasteiger partial charge in [-0.15, -0.1) is 0 Å². The number of H-pyrrole nitrogens is 4. The van der Waals surface area contributed by atoms with Gasteiger partial charge < -0.3 is 19.9 Å². The molecule has 2 aromatic carbocycles. The van der Waals surface area contributed by atoms with E-state index in [9.17, 15) is 0 Å². The molecule has 0 aliphatic carbocycles. The Bertz CT molecular complexity index is 1870. The molecule has 0 unspecified atom stereocenters.